The Morgan fingerprint density at radius 2 is 1.97 bits per heavy atom. The Bertz CT molecular complexity index is 1150. The normalized spacial score (nSPS) is 10.7. The van der Waals surface area contributed by atoms with E-state index in [2.05, 4.69) is 10.3 Å². The van der Waals surface area contributed by atoms with Gasteiger partial charge in [-0.1, -0.05) is 0 Å². The number of pyridine rings is 1. The number of aromatic nitrogens is 1. The number of amides is 1. The first-order chi connectivity index (χ1) is 14.1. The van der Waals surface area contributed by atoms with Crippen LogP contribution in [0, 0.1) is 0 Å². The predicted molar refractivity (Wildman–Crippen MR) is 110 cm³/mol. The van der Waals surface area contributed by atoms with Crippen molar-refractivity contribution in [2.45, 2.75) is 6.61 Å². The molecule has 0 aliphatic rings. The fourth-order valence-electron chi connectivity index (χ4n) is 2.95. The standard InChI is InChI=1S/C22H19N3O4/c1-27-16-4-2-15(3-5-16)25-18-6-7-20(21-17(18)9-11-28-21)29-13-14-8-10-24-19(12-14)22(23)26/h2-12,25H,13H2,1H3,(H2,23,26). The SMILES string of the molecule is COc1ccc(Nc2ccc(OCc3ccnc(C(N)=O)c3)c3occc23)cc1. The van der Waals surface area contributed by atoms with Gasteiger partial charge in [0.15, 0.2) is 11.3 Å². The van der Waals surface area contributed by atoms with E-state index in [1.54, 1.807) is 25.5 Å². The number of hydrogen-bond donors (Lipinski definition) is 2. The van der Waals surface area contributed by atoms with E-state index < -0.39 is 5.91 Å². The Kier molecular flexibility index (Phi) is 5.03. The van der Waals surface area contributed by atoms with E-state index in [4.69, 9.17) is 19.6 Å². The van der Waals surface area contributed by atoms with Crippen LogP contribution in [-0.2, 0) is 6.61 Å². The first-order valence-electron chi connectivity index (χ1n) is 8.93. The molecule has 0 atom stereocenters. The lowest BCUT2D eigenvalue weighted by atomic mass is 10.2. The van der Waals surface area contributed by atoms with Gasteiger partial charge in [-0.05, 0) is 60.2 Å². The number of fused-ring (bicyclic) bond motifs is 1. The van der Waals surface area contributed by atoms with Crippen LogP contribution < -0.4 is 20.5 Å². The lowest BCUT2D eigenvalue weighted by Crippen LogP contribution is -2.13. The van der Waals surface area contributed by atoms with Gasteiger partial charge in [0.05, 0.1) is 13.4 Å². The fourth-order valence-corrected chi connectivity index (χ4v) is 2.95. The van der Waals surface area contributed by atoms with Crippen molar-refractivity contribution in [3.05, 3.63) is 78.3 Å². The molecule has 0 spiro atoms. The number of methoxy groups -OCH3 is 1. The highest BCUT2D eigenvalue weighted by molar-refractivity contribution is 5.96. The number of furan rings is 1. The van der Waals surface area contributed by atoms with Crippen molar-refractivity contribution in [3.8, 4) is 11.5 Å². The Morgan fingerprint density at radius 3 is 2.72 bits per heavy atom. The third-order valence-electron chi connectivity index (χ3n) is 4.42. The van der Waals surface area contributed by atoms with Crippen LogP contribution in [0.5, 0.6) is 11.5 Å². The maximum atomic E-state index is 11.3. The smallest absolute Gasteiger partial charge is 0.267 e. The zero-order chi connectivity index (χ0) is 20.2. The summed E-state index contributed by atoms with van der Waals surface area (Å²) in [6, 6.07) is 16.7. The van der Waals surface area contributed by atoms with Crippen LogP contribution in [0.1, 0.15) is 16.1 Å². The van der Waals surface area contributed by atoms with E-state index in [9.17, 15) is 4.79 Å². The number of primary amides is 1. The summed E-state index contributed by atoms with van der Waals surface area (Å²) in [6.07, 6.45) is 3.15. The average Bonchev–Trinajstić information content (AvgIpc) is 3.24. The largest absolute Gasteiger partial charge is 0.497 e. The second kappa shape index (κ2) is 7.93. The highest BCUT2D eigenvalue weighted by Gasteiger charge is 2.12. The Hall–Kier alpha value is -4.00. The lowest BCUT2D eigenvalue weighted by Gasteiger charge is -2.11. The highest BCUT2D eigenvalue weighted by Crippen LogP contribution is 2.34. The molecule has 4 aromatic rings. The van der Waals surface area contributed by atoms with Gasteiger partial charge in [-0.3, -0.25) is 9.78 Å². The minimum absolute atomic E-state index is 0.202. The summed E-state index contributed by atoms with van der Waals surface area (Å²) in [7, 11) is 1.64. The van der Waals surface area contributed by atoms with E-state index in [-0.39, 0.29) is 12.3 Å². The van der Waals surface area contributed by atoms with Crippen molar-refractivity contribution in [1.82, 2.24) is 4.98 Å². The quantitative estimate of drug-likeness (QED) is 0.490. The number of nitrogens with one attached hydrogen (secondary N) is 1. The Balaban J connectivity index is 1.54. The molecule has 0 bridgehead atoms. The third-order valence-corrected chi connectivity index (χ3v) is 4.42. The zero-order valence-corrected chi connectivity index (χ0v) is 15.7. The van der Waals surface area contributed by atoms with E-state index in [0.717, 1.165) is 28.1 Å². The maximum Gasteiger partial charge on any atom is 0.267 e. The number of ether oxygens (including phenoxy) is 2. The van der Waals surface area contributed by atoms with Crippen LogP contribution in [0.25, 0.3) is 11.0 Å². The topological polar surface area (TPSA) is 99.6 Å². The van der Waals surface area contributed by atoms with Crippen molar-refractivity contribution >= 4 is 28.3 Å². The number of hydrogen-bond acceptors (Lipinski definition) is 6. The first kappa shape index (κ1) is 18.4. The van der Waals surface area contributed by atoms with E-state index in [1.165, 1.54) is 6.20 Å². The number of anilines is 2. The fraction of sp³-hybridized carbons (Fsp3) is 0.0909. The molecule has 4 rings (SSSR count). The number of nitrogens with two attached hydrogens (primary N) is 1. The molecule has 2 aromatic heterocycles. The summed E-state index contributed by atoms with van der Waals surface area (Å²) < 4.78 is 16.7. The van der Waals surface area contributed by atoms with Gasteiger partial charge in [0.1, 0.15) is 18.1 Å². The zero-order valence-electron chi connectivity index (χ0n) is 15.7. The van der Waals surface area contributed by atoms with Gasteiger partial charge >= 0.3 is 0 Å². The molecule has 146 valence electrons. The molecule has 0 aliphatic carbocycles. The van der Waals surface area contributed by atoms with Gasteiger partial charge in [0.25, 0.3) is 5.91 Å². The van der Waals surface area contributed by atoms with Crippen molar-refractivity contribution < 1.29 is 18.7 Å². The lowest BCUT2D eigenvalue weighted by molar-refractivity contribution is 0.0995. The third kappa shape index (κ3) is 3.98. The molecular weight excluding hydrogens is 370 g/mol. The molecule has 0 fully saturated rings. The molecule has 7 heteroatoms. The van der Waals surface area contributed by atoms with Gasteiger partial charge in [0.2, 0.25) is 0 Å². The van der Waals surface area contributed by atoms with Crippen LogP contribution >= 0.6 is 0 Å². The molecule has 1 amide bonds. The summed E-state index contributed by atoms with van der Waals surface area (Å²) in [5.74, 6) is 0.820. The van der Waals surface area contributed by atoms with Crippen LogP contribution in [0.3, 0.4) is 0 Å². The average molecular weight is 389 g/mol. The minimum Gasteiger partial charge on any atom is -0.497 e. The van der Waals surface area contributed by atoms with Crippen LogP contribution in [0.15, 0.2) is 71.5 Å². The molecule has 0 unspecified atom stereocenters. The van der Waals surface area contributed by atoms with E-state index in [1.807, 2.05) is 42.5 Å². The van der Waals surface area contributed by atoms with Crippen LogP contribution in [0.2, 0.25) is 0 Å². The summed E-state index contributed by atoms with van der Waals surface area (Å²) in [5, 5.41) is 4.27. The van der Waals surface area contributed by atoms with E-state index >= 15 is 0 Å². The van der Waals surface area contributed by atoms with Crippen molar-refractivity contribution in [3.63, 3.8) is 0 Å². The molecular formula is C22H19N3O4. The minimum atomic E-state index is -0.575. The van der Waals surface area contributed by atoms with Crippen molar-refractivity contribution in [2.24, 2.45) is 5.73 Å². The molecule has 0 saturated carbocycles. The van der Waals surface area contributed by atoms with Crippen LogP contribution in [-0.4, -0.2) is 18.0 Å². The highest BCUT2D eigenvalue weighted by atomic mass is 16.5. The van der Waals surface area contributed by atoms with Crippen LogP contribution in [0.4, 0.5) is 11.4 Å². The number of carbonyl (C=O) groups is 1. The summed E-state index contributed by atoms with van der Waals surface area (Å²) in [5.41, 5.74) is 8.72. The molecule has 0 radical (unpaired) electrons. The van der Waals surface area contributed by atoms with Crippen molar-refractivity contribution in [2.75, 3.05) is 12.4 Å². The van der Waals surface area contributed by atoms with Crippen molar-refractivity contribution in [1.29, 1.82) is 0 Å². The molecule has 3 N–H and O–H groups in total. The first-order valence-corrected chi connectivity index (χ1v) is 8.93. The monoisotopic (exact) mass is 389 g/mol. The second-order valence-electron chi connectivity index (χ2n) is 6.33. The second-order valence-corrected chi connectivity index (χ2v) is 6.33. The molecule has 2 aromatic carbocycles. The maximum absolute atomic E-state index is 11.3. The van der Waals surface area contributed by atoms with E-state index in [0.29, 0.717) is 11.3 Å². The number of carbonyl (C=O) groups excluding carboxylic acids is 1. The van der Waals surface area contributed by atoms with Gasteiger partial charge in [0, 0.05) is 23.0 Å². The Morgan fingerprint density at radius 1 is 1.14 bits per heavy atom. The number of benzene rings is 2. The van der Waals surface area contributed by atoms with Gasteiger partial charge in [-0.2, -0.15) is 0 Å². The summed E-state index contributed by atoms with van der Waals surface area (Å²) in [4.78, 5) is 15.2. The molecule has 29 heavy (non-hydrogen) atoms. The Labute approximate surface area is 167 Å². The number of rotatable bonds is 7. The summed E-state index contributed by atoms with van der Waals surface area (Å²) in [6.45, 7) is 0.254. The van der Waals surface area contributed by atoms with Gasteiger partial charge in [-0.25, -0.2) is 0 Å². The van der Waals surface area contributed by atoms with Gasteiger partial charge in [-0.15, -0.1) is 0 Å². The summed E-state index contributed by atoms with van der Waals surface area (Å²) >= 11 is 0. The van der Waals surface area contributed by atoms with Gasteiger partial charge < -0.3 is 24.9 Å². The molecule has 0 saturated heterocycles. The predicted octanol–water partition coefficient (Wildman–Crippen LogP) is 4.26. The molecule has 0 aliphatic heterocycles. The number of nitrogens with zero attached hydrogens (tertiary/aromatic N) is 1. The molecule has 2 heterocycles. The molecule has 7 nitrogen and oxygen atoms in total.